The third-order valence-electron chi connectivity index (χ3n) is 5.55. The minimum absolute atomic E-state index is 0.108. The van der Waals surface area contributed by atoms with Gasteiger partial charge in [0.2, 0.25) is 0 Å². The Kier molecular flexibility index (Phi) is 5.54. The van der Waals surface area contributed by atoms with E-state index in [0.29, 0.717) is 0 Å². The number of hydrogen-bond acceptors (Lipinski definition) is 1. The van der Waals surface area contributed by atoms with Crippen LogP contribution in [0, 0.1) is 13.8 Å². The van der Waals surface area contributed by atoms with Crippen molar-refractivity contribution in [2.24, 2.45) is 0 Å². The number of rotatable bonds is 7. The van der Waals surface area contributed by atoms with Crippen LogP contribution in [0.15, 0.2) is 36.4 Å². The molecule has 134 valence electrons. The summed E-state index contributed by atoms with van der Waals surface area (Å²) in [4.78, 5) is 0. The highest BCUT2D eigenvalue weighted by Gasteiger charge is 2.40. The van der Waals surface area contributed by atoms with E-state index in [1.807, 2.05) is 0 Å². The molecule has 2 aromatic rings. The minimum atomic E-state index is -2.29. The van der Waals surface area contributed by atoms with Gasteiger partial charge in [-0.25, -0.2) is 0 Å². The number of hydrogen-bond donors (Lipinski definition) is 0. The zero-order valence-electron chi connectivity index (χ0n) is 16.1. The number of unbranched alkanes of at least 4 members (excludes halogenated alkanes) is 2. The molecule has 3 rings (SSSR count). The molecule has 0 amide bonds. The summed E-state index contributed by atoms with van der Waals surface area (Å²) in [5.74, 6) is 0. The van der Waals surface area contributed by atoms with Gasteiger partial charge < -0.3 is 4.57 Å². The van der Waals surface area contributed by atoms with Gasteiger partial charge in [-0.05, 0) is 48.9 Å². The van der Waals surface area contributed by atoms with Crippen LogP contribution in [0.4, 0.5) is 0 Å². The Labute approximate surface area is 153 Å². The SMILES string of the molecule is CCCCP(=O)(CCCC)C1c2ccc(C)cc2-c2cc(C)ccc21. The molecule has 0 spiro atoms. The molecule has 1 aliphatic carbocycles. The van der Waals surface area contributed by atoms with Crippen molar-refractivity contribution in [1.29, 1.82) is 0 Å². The van der Waals surface area contributed by atoms with Crippen LogP contribution >= 0.6 is 7.14 Å². The summed E-state index contributed by atoms with van der Waals surface area (Å²) < 4.78 is 14.2. The lowest BCUT2D eigenvalue weighted by Gasteiger charge is -2.27. The predicted octanol–water partition coefficient (Wildman–Crippen LogP) is 7.34. The van der Waals surface area contributed by atoms with Crippen molar-refractivity contribution in [2.75, 3.05) is 12.3 Å². The Bertz CT molecular complexity index is 742. The first-order chi connectivity index (χ1) is 12.0. The molecule has 0 aromatic heterocycles. The summed E-state index contributed by atoms with van der Waals surface area (Å²) in [6.07, 6.45) is 6.14. The van der Waals surface area contributed by atoms with Crippen LogP contribution in [0.2, 0.25) is 0 Å². The molecule has 0 radical (unpaired) electrons. The van der Waals surface area contributed by atoms with Crippen LogP contribution in [0.25, 0.3) is 11.1 Å². The second-order valence-electron chi connectivity index (χ2n) is 7.69. The van der Waals surface area contributed by atoms with Crippen molar-refractivity contribution < 1.29 is 4.57 Å². The van der Waals surface area contributed by atoms with Gasteiger partial charge in [0.05, 0.1) is 12.8 Å². The molecule has 0 saturated heterocycles. The first kappa shape index (κ1) is 18.5. The van der Waals surface area contributed by atoms with Crippen LogP contribution in [0.3, 0.4) is 0 Å². The van der Waals surface area contributed by atoms with Gasteiger partial charge in [-0.1, -0.05) is 74.2 Å². The van der Waals surface area contributed by atoms with Crippen molar-refractivity contribution in [1.82, 2.24) is 0 Å². The molecule has 2 aromatic carbocycles. The topological polar surface area (TPSA) is 17.1 Å². The monoisotopic (exact) mass is 354 g/mol. The molecule has 25 heavy (non-hydrogen) atoms. The summed E-state index contributed by atoms with van der Waals surface area (Å²) >= 11 is 0. The van der Waals surface area contributed by atoms with Gasteiger partial charge in [-0.2, -0.15) is 0 Å². The smallest absolute Gasteiger partial charge is 0.0991 e. The zero-order chi connectivity index (χ0) is 18.0. The molecule has 0 aliphatic heterocycles. The fourth-order valence-corrected chi connectivity index (χ4v) is 8.09. The summed E-state index contributed by atoms with van der Waals surface area (Å²) in [5, 5.41) is 0. The van der Waals surface area contributed by atoms with Crippen molar-refractivity contribution in [2.45, 2.75) is 59.0 Å². The van der Waals surface area contributed by atoms with Crippen molar-refractivity contribution in [3.8, 4) is 11.1 Å². The van der Waals surface area contributed by atoms with Gasteiger partial charge in [0.15, 0.2) is 0 Å². The van der Waals surface area contributed by atoms with E-state index in [9.17, 15) is 4.57 Å². The summed E-state index contributed by atoms with van der Waals surface area (Å²) in [6, 6.07) is 13.4. The lowest BCUT2D eigenvalue weighted by atomic mass is 10.0. The molecular weight excluding hydrogens is 323 g/mol. The van der Waals surface area contributed by atoms with E-state index in [2.05, 4.69) is 64.1 Å². The van der Waals surface area contributed by atoms with E-state index in [0.717, 1.165) is 38.0 Å². The van der Waals surface area contributed by atoms with Gasteiger partial charge in [-0.3, -0.25) is 0 Å². The van der Waals surface area contributed by atoms with Crippen LogP contribution in [-0.2, 0) is 4.57 Å². The molecule has 0 fully saturated rings. The largest absolute Gasteiger partial charge is 0.323 e. The molecule has 1 nitrogen and oxygen atoms in total. The van der Waals surface area contributed by atoms with Crippen LogP contribution in [0.1, 0.15) is 67.4 Å². The molecule has 0 atom stereocenters. The number of benzene rings is 2. The van der Waals surface area contributed by atoms with Crippen LogP contribution < -0.4 is 0 Å². The molecule has 0 heterocycles. The Morgan fingerprint density at radius 3 is 1.64 bits per heavy atom. The first-order valence-electron chi connectivity index (χ1n) is 9.79. The fraction of sp³-hybridized carbons (Fsp3) is 0.478. The van der Waals surface area contributed by atoms with Crippen LogP contribution in [-0.4, -0.2) is 12.3 Å². The Hall–Kier alpha value is -1.33. The fourth-order valence-electron chi connectivity index (χ4n) is 4.18. The molecular formula is C23H31OP. The molecule has 2 heteroatoms. The normalized spacial score (nSPS) is 13.8. The third kappa shape index (κ3) is 3.49. The quantitative estimate of drug-likeness (QED) is 0.475. The maximum absolute atomic E-state index is 14.2. The minimum Gasteiger partial charge on any atom is -0.323 e. The Morgan fingerprint density at radius 2 is 1.24 bits per heavy atom. The van der Waals surface area contributed by atoms with Gasteiger partial charge in [0, 0.05) is 12.3 Å². The second kappa shape index (κ2) is 7.50. The average Bonchev–Trinajstić information content (AvgIpc) is 2.92. The van der Waals surface area contributed by atoms with Crippen molar-refractivity contribution >= 4 is 7.14 Å². The third-order valence-corrected chi connectivity index (χ3v) is 9.19. The molecule has 0 bridgehead atoms. The van der Waals surface area contributed by atoms with Crippen molar-refractivity contribution in [3.63, 3.8) is 0 Å². The number of fused-ring (bicyclic) bond motifs is 3. The predicted molar refractivity (Wildman–Crippen MR) is 110 cm³/mol. The zero-order valence-corrected chi connectivity index (χ0v) is 17.0. The Morgan fingerprint density at radius 1 is 0.800 bits per heavy atom. The van der Waals surface area contributed by atoms with E-state index < -0.39 is 7.14 Å². The summed E-state index contributed by atoms with van der Waals surface area (Å²) in [6.45, 7) is 8.70. The Balaban J connectivity index is 2.16. The van der Waals surface area contributed by atoms with Gasteiger partial charge in [0.1, 0.15) is 0 Å². The summed E-state index contributed by atoms with van der Waals surface area (Å²) in [7, 11) is -2.29. The molecule has 0 saturated carbocycles. The standard InChI is InChI=1S/C23H31OP/c1-5-7-13-25(24,14-8-6-2)23-19-11-9-17(3)15-21(19)22-16-18(4)10-12-20(22)23/h9-12,15-16,23H,5-8,13-14H2,1-4H3. The number of aryl methyl sites for hydroxylation is 2. The van der Waals surface area contributed by atoms with Gasteiger partial charge >= 0.3 is 0 Å². The van der Waals surface area contributed by atoms with E-state index in [4.69, 9.17) is 0 Å². The highest BCUT2D eigenvalue weighted by molar-refractivity contribution is 7.64. The van der Waals surface area contributed by atoms with Gasteiger partial charge in [-0.15, -0.1) is 0 Å². The average molecular weight is 354 g/mol. The lowest BCUT2D eigenvalue weighted by molar-refractivity contribution is 0.565. The lowest BCUT2D eigenvalue weighted by Crippen LogP contribution is -2.06. The highest BCUT2D eigenvalue weighted by atomic mass is 31.2. The second-order valence-corrected chi connectivity index (χ2v) is 11.0. The van der Waals surface area contributed by atoms with E-state index >= 15 is 0 Å². The molecule has 1 aliphatic rings. The molecule has 0 unspecified atom stereocenters. The maximum Gasteiger partial charge on any atom is 0.0991 e. The van der Waals surface area contributed by atoms with Gasteiger partial charge in [0.25, 0.3) is 0 Å². The molecule has 0 N–H and O–H groups in total. The van der Waals surface area contributed by atoms with E-state index in [1.54, 1.807) is 0 Å². The highest BCUT2D eigenvalue weighted by Crippen LogP contribution is 2.67. The van der Waals surface area contributed by atoms with E-state index in [-0.39, 0.29) is 5.66 Å². The van der Waals surface area contributed by atoms with Crippen LogP contribution in [0.5, 0.6) is 0 Å². The summed E-state index contributed by atoms with van der Waals surface area (Å²) in [5.41, 5.74) is 7.92. The van der Waals surface area contributed by atoms with Crippen molar-refractivity contribution in [3.05, 3.63) is 58.7 Å². The van der Waals surface area contributed by atoms with E-state index in [1.165, 1.54) is 33.4 Å². The maximum atomic E-state index is 14.2. The first-order valence-corrected chi connectivity index (χ1v) is 11.9.